The minimum atomic E-state index is -1.32. The first kappa shape index (κ1) is 31.2. The Morgan fingerprint density at radius 3 is 2.74 bits per heavy atom. The SMILES string of the molecule is NC(=O)C[n+]1cccc(N2CC/C(=C\C3=C(C(=O)O)N4C(=O)[C@@H](NC(=O)/C(=N\OC5CCCC5)c5csc(N)n5)[C@H]4SC3)C2=O)c1. The lowest BCUT2D eigenvalue weighted by atomic mass is 10.0. The molecule has 0 bridgehead atoms. The summed E-state index contributed by atoms with van der Waals surface area (Å²) >= 11 is 2.41. The number of anilines is 2. The fourth-order valence-corrected chi connectivity index (χ4v) is 7.69. The van der Waals surface area contributed by atoms with E-state index in [1.165, 1.54) is 22.7 Å². The van der Waals surface area contributed by atoms with Crippen LogP contribution in [-0.4, -0.2) is 80.1 Å². The summed E-state index contributed by atoms with van der Waals surface area (Å²) in [6, 6.07) is 2.42. The molecule has 17 heteroatoms. The molecule has 5 heterocycles. The lowest BCUT2D eigenvalue weighted by Gasteiger charge is -2.49. The van der Waals surface area contributed by atoms with Crippen LogP contribution in [0.5, 0.6) is 0 Å². The van der Waals surface area contributed by atoms with Crippen LogP contribution in [0, 0.1) is 0 Å². The second-order valence-electron chi connectivity index (χ2n) is 11.1. The largest absolute Gasteiger partial charge is 0.477 e. The van der Waals surface area contributed by atoms with Crippen LogP contribution in [0.4, 0.5) is 10.8 Å². The summed E-state index contributed by atoms with van der Waals surface area (Å²) in [7, 11) is 0. The molecule has 46 heavy (non-hydrogen) atoms. The molecule has 15 nitrogen and oxygen atoms in total. The number of carbonyl (C=O) groups excluding carboxylic acids is 4. The number of amides is 4. The number of hydrogen-bond acceptors (Lipinski definition) is 11. The van der Waals surface area contributed by atoms with E-state index in [1.807, 2.05) is 0 Å². The van der Waals surface area contributed by atoms with Gasteiger partial charge in [-0.1, -0.05) is 5.16 Å². The Bertz CT molecular complexity index is 1710. The van der Waals surface area contributed by atoms with E-state index in [2.05, 4.69) is 15.5 Å². The van der Waals surface area contributed by atoms with E-state index in [9.17, 15) is 29.1 Å². The van der Waals surface area contributed by atoms with E-state index in [0.717, 1.165) is 41.9 Å². The lowest BCUT2D eigenvalue weighted by Crippen LogP contribution is -2.71. The van der Waals surface area contributed by atoms with E-state index in [0.29, 0.717) is 29.8 Å². The van der Waals surface area contributed by atoms with Crippen LogP contribution in [0.2, 0.25) is 0 Å². The second-order valence-corrected chi connectivity index (χ2v) is 13.1. The van der Waals surface area contributed by atoms with Crippen LogP contribution in [0.1, 0.15) is 37.8 Å². The highest BCUT2D eigenvalue weighted by Gasteiger charge is 2.54. The number of aromatic nitrogens is 2. The predicted molar refractivity (Wildman–Crippen MR) is 167 cm³/mol. The van der Waals surface area contributed by atoms with Crippen LogP contribution < -0.4 is 26.3 Å². The van der Waals surface area contributed by atoms with Crippen LogP contribution >= 0.6 is 23.1 Å². The van der Waals surface area contributed by atoms with Crippen molar-refractivity contribution in [2.45, 2.75) is 56.2 Å². The average molecular weight is 668 g/mol. The van der Waals surface area contributed by atoms with Crippen LogP contribution in [0.3, 0.4) is 0 Å². The number of hydrogen-bond donors (Lipinski definition) is 4. The number of oxime groups is 1. The Hall–Kier alpha value is -4.77. The van der Waals surface area contributed by atoms with E-state index in [-0.39, 0.29) is 46.5 Å². The maximum absolute atomic E-state index is 13.4. The predicted octanol–water partition coefficient (Wildman–Crippen LogP) is 0.263. The minimum absolute atomic E-state index is 0.0427. The monoisotopic (exact) mass is 667 g/mol. The number of nitrogens with one attached hydrogen (secondary N) is 1. The number of rotatable bonds is 10. The smallest absolute Gasteiger partial charge is 0.352 e. The number of carboxylic acid groups (broad SMARTS) is 1. The molecule has 3 aliphatic heterocycles. The van der Waals surface area contributed by atoms with Crippen molar-refractivity contribution in [2.75, 3.05) is 22.9 Å². The third-order valence-electron chi connectivity index (χ3n) is 8.03. The first-order valence-corrected chi connectivity index (χ1v) is 16.5. The first-order chi connectivity index (χ1) is 22.1. The Kier molecular flexibility index (Phi) is 8.77. The van der Waals surface area contributed by atoms with Crippen molar-refractivity contribution in [3.05, 3.63) is 58.5 Å². The minimum Gasteiger partial charge on any atom is -0.477 e. The summed E-state index contributed by atoms with van der Waals surface area (Å²) in [4.78, 5) is 76.2. The standard InChI is InChI=1S/C29H30N8O7S2/c30-20(38)12-35-8-3-4-17(11-35)36-9-7-15(25(36)40)10-16-13-45-27-22(26(41)37(27)23(16)28(42)43)33-24(39)21(19-14-46-29(31)32-19)34-44-18-5-1-2-6-18/h3-4,8,10-11,14,18,22,27H,1-2,5-7,9,12-13H2,(H5-,30,31,32,33,38,39,42,43)/p+1/b15-10+,34-21-/t22-,27-/m1/s1. The summed E-state index contributed by atoms with van der Waals surface area (Å²) in [5.74, 6) is -3.25. The van der Waals surface area contributed by atoms with Crippen molar-refractivity contribution in [3.8, 4) is 0 Å². The Morgan fingerprint density at radius 1 is 1.26 bits per heavy atom. The normalized spacial score (nSPS) is 22.7. The average Bonchev–Trinajstić information content (AvgIpc) is 3.78. The van der Waals surface area contributed by atoms with Gasteiger partial charge in [0.25, 0.3) is 23.6 Å². The number of nitrogens with two attached hydrogens (primary N) is 2. The van der Waals surface area contributed by atoms with Crippen molar-refractivity contribution in [3.63, 3.8) is 0 Å². The van der Waals surface area contributed by atoms with Crippen molar-refractivity contribution in [1.82, 2.24) is 15.2 Å². The Balaban J connectivity index is 1.18. The summed E-state index contributed by atoms with van der Waals surface area (Å²) in [5.41, 5.74) is 12.2. The molecular formula is C29H31N8O7S2+. The first-order valence-electron chi connectivity index (χ1n) is 14.6. The molecule has 2 atom stereocenters. The van der Waals surface area contributed by atoms with Gasteiger partial charge in [-0.25, -0.2) is 9.78 Å². The van der Waals surface area contributed by atoms with Gasteiger partial charge in [-0.3, -0.25) is 24.1 Å². The van der Waals surface area contributed by atoms with Gasteiger partial charge in [-0.05, 0) is 49.8 Å². The number of fused-ring (bicyclic) bond motifs is 1. The molecule has 6 N–H and O–H groups in total. The molecule has 3 fully saturated rings. The number of β-lactam (4-membered cyclic amide) rings is 1. The third kappa shape index (κ3) is 6.19. The zero-order valence-corrected chi connectivity index (χ0v) is 26.1. The van der Waals surface area contributed by atoms with Crippen molar-refractivity contribution >= 4 is 69.2 Å². The van der Waals surface area contributed by atoms with Gasteiger partial charge in [-0.2, -0.15) is 4.57 Å². The molecule has 2 aromatic rings. The molecule has 240 valence electrons. The van der Waals surface area contributed by atoms with Gasteiger partial charge in [0.15, 0.2) is 23.2 Å². The van der Waals surface area contributed by atoms with E-state index >= 15 is 0 Å². The molecule has 1 aliphatic carbocycles. The van der Waals surface area contributed by atoms with E-state index < -0.39 is 35.1 Å². The van der Waals surface area contributed by atoms with Gasteiger partial charge >= 0.3 is 5.97 Å². The maximum atomic E-state index is 13.4. The van der Waals surface area contributed by atoms with Gasteiger partial charge in [0.05, 0.1) is 0 Å². The highest BCUT2D eigenvalue weighted by molar-refractivity contribution is 8.00. The number of nitrogens with zero attached hydrogens (tertiary/aromatic N) is 5. The number of nitrogen functional groups attached to an aromatic ring is 1. The quantitative estimate of drug-likeness (QED) is 0.0892. The molecule has 2 aromatic heterocycles. The summed E-state index contributed by atoms with van der Waals surface area (Å²) in [6.07, 6.45) is 8.73. The van der Waals surface area contributed by atoms with Gasteiger partial charge in [0, 0.05) is 29.3 Å². The molecule has 4 aliphatic rings. The Labute approximate surface area is 270 Å². The summed E-state index contributed by atoms with van der Waals surface area (Å²) in [6.45, 7) is 0.311. The second kappa shape index (κ2) is 12.9. The number of aliphatic carboxylic acids is 1. The lowest BCUT2D eigenvalue weighted by molar-refractivity contribution is -0.683. The summed E-state index contributed by atoms with van der Waals surface area (Å²) in [5, 5.41) is 18.0. The Morgan fingerprint density at radius 2 is 2.04 bits per heavy atom. The van der Waals surface area contributed by atoms with Gasteiger partial charge < -0.3 is 31.6 Å². The summed E-state index contributed by atoms with van der Waals surface area (Å²) < 4.78 is 1.57. The van der Waals surface area contributed by atoms with Crippen molar-refractivity contribution < 1.29 is 38.5 Å². The number of thiazole rings is 1. The molecule has 0 spiro atoms. The zero-order chi connectivity index (χ0) is 32.5. The number of allylic oxidation sites excluding steroid dienone is 1. The molecular weight excluding hydrogens is 637 g/mol. The highest BCUT2D eigenvalue weighted by Crippen LogP contribution is 2.41. The number of carboxylic acids is 1. The van der Waals surface area contributed by atoms with Crippen LogP contribution in [0.15, 0.2) is 58.0 Å². The van der Waals surface area contributed by atoms with Gasteiger partial charge in [0.1, 0.15) is 34.6 Å². The molecule has 1 saturated carbocycles. The molecule has 4 amide bonds. The van der Waals surface area contributed by atoms with Gasteiger partial charge in [0.2, 0.25) is 6.54 Å². The number of carbonyl (C=O) groups is 5. The third-order valence-corrected chi connectivity index (χ3v) is 10.0. The molecule has 6 rings (SSSR count). The van der Waals surface area contributed by atoms with Crippen LogP contribution in [-0.2, 0) is 35.4 Å². The maximum Gasteiger partial charge on any atom is 0.352 e. The fraction of sp³-hybridized carbons (Fsp3) is 0.379. The number of primary amides is 1. The highest BCUT2D eigenvalue weighted by atomic mass is 32.2. The number of thioether (sulfide) groups is 1. The van der Waals surface area contributed by atoms with E-state index in [1.54, 1.807) is 34.5 Å². The van der Waals surface area contributed by atoms with Crippen molar-refractivity contribution in [1.29, 1.82) is 0 Å². The number of pyridine rings is 1. The topological polar surface area (TPSA) is 214 Å². The molecule has 0 aromatic carbocycles. The van der Waals surface area contributed by atoms with Crippen molar-refractivity contribution in [2.24, 2.45) is 10.9 Å². The fourth-order valence-electron chi connectivity index (χ4n) is 5.84. The zero-order valence-electron chi connectivity index (χ0n) is 24.5. The van der Waals surface area contributed by atoms with Gasteiger partial charge in [-0.15, -0.1) is 23.1 Å². The molecule has 2 saturated heterocycles. The van der Waals surface area contributed by atoms with Crippen LogP contribution in [0.25, 0.3) is 0 Å². The van der Waals surface area contributed by atoms with E-state index in [4.69, 9.17) is 16.3 Å². The molecule has 0 unspecified atom stereocenters. The molecule has 0 radical (unpaired) electrons.